The molecule has 1 unspecified atom stereocenters. The number of nitrogens with one attached hydrogen (secondary N) is 1. The van der Waals surface area contributed by atoms with Gasteiger partial charge in [-0.1, -0.05) is 24.3 Å². The molecule has 3 aromatic rings. The Hall–Kier alpha value is -3.52. The van der Waals surface area contributed by atoms with Gasteiger partial charge >= 0.3 is 5.63 Å². The molecule has 0 bridgehead atoms. The number of piperidine rings is 1. The maximum atomic E-state index is 13.8. The average molecular weight is 493 g/mol. The average Bonchev–Trinajstić information content (AvgIpc) is 3.25. The monoisotopic (exact) mass is 492 g/mol. The second kappa shape index (κ2) is 9.85. The quantitative estimate of drug-likeness (QED) is 0.548. The van der Waals surface area contributed by atoms with E-state index in [9.17, 15) is 18.8 Å². The number of aryl methyl sites for hydroxylation is 1. The third-order valence-corrected chi connectivity index (χ3v) is 7.30. The number of hydrogen-bond acceptors (Lipinski definition) is 5. The summed E-state index contributed by atoms with van der Waals surface area (Å²) in [5.41, 5.74) is 1.42. The molecule has 0 radical (unpaired) electrons. The Labute approximate surface area is 208 Å². The van der Waals surface area contributed by atoms with Crippen LogP contribution in [0.4, 0.5) is 4.39 Å². The highest BCUT2D eigenvalue weighted by Crippen LogP contribution is 2.39. The number of amides is 2. The molecular weight excluding hydrogens is 463 g/mol. The Kier molecular flexibility index (Phi) is 6.62. The Morgan fingerprint density at radius 2 is 1.89 bits per heavy atom. The van der Waals surface area contributed by atoms with Crippen LogP contribution in [0.15, 0.2) is 57.7 Å². The van der Waals surface area contributed by atoms with Gasteiger partial charge in [0.2, 0.25) is 5.91 Å². The van der Waals surface area contributed by atoms with Gasteiger partial charge in [0.1, 0.15) is 11.4 Å². The molecule has 5 rings (SSSR count). The van der Waals surface area contributed by atoms with Crippen LogP contribution in [0.3, 0.4) is 0 Å². The van der Waals surface area contributed by atoms with Crippen LogP contribution in [0.25, 0.3) is 11.0 Å². The maximum Gasteiger partial charge on any atom is 0.336 e. The highest BCUT2D eigenvalue weighted by atomic mass is 19.1. The third-order valence-electron chi connectivity index (χ3n) is 7.30. The normalized spacial score (nSPS) is 19.1. The zero-order valence-corrected chi connectivity index (χ0v) is 20.2. The van der Waals surface area contributed by atoms with Crippen LogP contribution < -0.4 is 10.9 Å². The molecule has 1 spiro atoms. The van der Waals surface area contributed by atoms with Gasteiger partial charge in [0.25, 0.3) is 5.91 Å². The smallest absolute Gasteiger partial charge is 0.336 e. The number of likely N-dealkylation sites (tertiary alicyclic amines) is 1. The predicted molar refractivity (Wildman–Crippen MR) is 132 cm³/mol. The van der Waals surface area contributed by atoms with E-state index in [2.05, 4.69) is 5.32 Å². The molecule has 2 saturated heterocycles. The molecule has 188 valence electrons. The fraction of sp³-hybridized carbons (Fsp3) is 0.393. The number of benzene rings is 2. The van der Waals surface area contributed by atoms with Gasteiger partial charge < -0.3 is 19.4 Å². The van der Waals surface area contributed by atoms with Gasteiger partial charge in [-0.25, -0.2) is 9.18 Å². The van der Waals surface area contributed by atoms with E-state index in [1.165, 1.54) is 18.2 Å². The van der Waals surface area contributed by atoms with Gasteiger partial charge in [-0.2, -0.15) is 0 Å². The van der Waals surface area contributed by atoms with Gasteiger partial charge in [-0.15, -0.1) is 0 Å². The SMILES string of the molecule is Cc1ccc2c(CC(=O)N3CCC4(CCC(CNC(=O)c5ccccc5F)O4)CC3)cc(=O)oc2c1. The van der Waals surface area contributed by atoms with Crippen LogP contribution >= 0.6 is 0 Å². The zero-order chi connectivity index (χ0) is 25.3. The first-order valence-electron chi connectivity index (χ1n) is 12.3. The molecule has 2 fully saturated rings. The molecule has 2 amide bonds. The Bertz CT molecular complexity index is 1360. The molecule has 3 heterocycles. The first-order chi connectivity index (χ1) is 17.3. The standard InChI is InChI=1S/C28H29FN2O5/c1-18-6-7-21-19(16-26(33)35-24(21)14-18)15-25(32)31-12-10-28(11-13-31)9-8-20(36-28)17-30-27(34)22-4-2-3-5-23(22)29/h2-7,14,16,20H,8-13,15,17H2,1H3,(H,30,34). The fourth-order valence-corrected chi connectivity index (χ4v) is 5.28. The lowest BCUT2D eigenvalue weighted by Gasteiger charge is -2.39. The summed E-state index contributed by atoms with van der Waals surface area (Å²) in [7, 11) is 0. The summed E-state index contributed by atoms with van der Waals surface area (Å²) in [6.45, 7) is 3.39. The topological polar surface area (TPSA) is 88.9 Å². The molecule has 0 saturated carbocycles. The molecule has 2 aliphatic heterocycles. The molecule has 2 aliphatic rings. The van der Waals surface area contributed by atoms with E-state index in [-0.39, 0.29) is 29.6 Å². The van der Waals surface area contributed by atoms with Crippen molar-refractivity contribution >= 4 is 22.8 Å². The molecule has 7 nitrogen and oxygen atoms in total. The number of nitrogens with zero attached hydrogens (tertiary/aromatic N) is 1. The second-order valence-electron chi connectivity index (χ2n) is 9.80. The van der Waals surface area contributed by atoms with Crippen LogP contribution in [-0.4, -0.2) is 48.1 Å². The number of halogens is 1. The second-order valence-corrected chi connectivity index (χ2v) is 9.80. The lowest BCUT2D eigenvalue weighted by atomic mass is 9.88. The van der Waals surface area contributed by atoms with Crippen molar-refractivity contribution in [2.24, 2.45) is 0 Å². The van der Waals surface area contributed by atoms with E-state index >= 15 is 0 Å². The number of ether oxygens (including phenoxy) is 1. The van der Waals surface area contributed by atoms with Crippen molar-refractivity contribution in [3.63, 3.8) is 0 Å². The number of carbonyl (C=O) groups excluding carboxylic acids is 2. The van der Waals surface area contributed by atoms with Crippen molar-refractivity contribution in [1.82, 2.24) is 10.2 Å². The van der Waals surface area contributed by atoms with E-state index in [1.807, 2.05) is 30.0 Å². The summed E-state index contributed by atoms with van der Waals surface area (Å²) in [5.74, 6) is -1.02. The maximum absolute atomic E-state index is 13.8. The molecule has 8 heteroatoms. The van der Waals surface area contributed by atoms with Crippen LogP contribution in [0.2, 0.25) is 0 Å². The first-order valence-corrected chi connectivity index (χ1v) is 12.3. The minimum Gasteiger partial charge on any atom is -0.423 e. The van der Waals surface area contributed by atoms with Crippen molar-refractivity contribution in [2.45, 2.75) is 50.7 Å². The highest BCUT2D eigenvalue weighted by Gasteiger charge is 2.43. The summed E-state index contributed by atoms with van der Waals surface area (Å²) < 4.78 is 25.5. The summed E-state index contributed by atoms with van der Waals surface area (Å²) in [6, 6.07) is 12.9. The summed E-state index contributed by atoms with van der Waals surface area (Å²) in [4.78, 5) is 39.2. The minimum absolute atomic E-state index is 0.0241. The molecular formula is C28H29FN2O5. The van der Waals surface area contributed by atoms with Crippen molar-refractivity contribution in [1.29, 1.82) is 0 Å². The number of rotatable bonds is 5. The molecule has 36 heavy (non-hydrogen) atoms. The molecule has 1 N–H and O–H groups in total. The van der Waals surface area contributed by atoms with Gasteiger partial charge in [0.15, 0.2) is 0 Å². The van der Waals surface area contributed by atoms with Crippen molar-refractivity contribution in [3.8, 4) is 0 Å². The fourth-order valence-electron chi connectivity index (χ4n) is 5.28. The number of hydrogen-bond donors (Lipinski definition) is 1. The van der Waals surface area contributed by atoms with Crippen molar-refractivity contribution < 1.29 is 23.1 Å². The lowest BCUT2D eigenvalue weighted by molar-refractivity contribution is -0.136. The van der Waals surface area contributed by atoms with Crippen LogP contribution in [-0.2, 0) is 16.0 Å². The lowest BCUT2D eigenvalue weighted by Crippen LogP contribution is -2.47. The van der Waals surface area contributed by atoms with E-state index in [4.69, 9.17) is 9.15 Å². The summed E-state index contributed by atoms with van der Waals surface area (Å²) >= 11 is 0. The molecule has 1 aromatic heterocycles. The van der Waals surface area contributed by atoms with Crippen molar-refractivity contribution in [3.05, 3.63) is 81.5 Å². The van der Waals surface area contributed by atoms with Crippen LogP contribution in [0, 0.1) is 12.7 Å². The summed E-state index contributed by atoms with van der Waals surface area (Å²) in [5, 5.41) is 3.56. The van der Waals surface area contributed by atoms with E-state index in [0.717, 1.165) is 23.8 Å². The van der Waals surface area contributed by atoms with Gasteiger partial charge in [0.05, 0.1) is 23.7 Å². The van der Waals surface area contributed by atoms with Crippen molar-refractivity contribution in [2.75, 3.05) is 19.6 Å². The molecule has 0 aliphatic carbocycles. The van der Waals surface area contributed by atoms with E-state index in [0.29, 0.717) is 43.6 Å². The molecule has 1 atom stereocenters. The Morgan fingerprint density at radius 1 is 1.11 bits per heavy atom. The van der Waals surface area contributed by atoms with E-state index < -0.39 is 17.3 Å². The number of carbonyl (C=O) groups is 2. The highest BCUT2D eigenvalue weighted by molar-refractivity contribution is 5.94. The zero-order valence-electron chi connectivity index (χ0n) is 20.2. The number of fused-ring (bicyclic) bond motifs is 1. The largest absolute Gasteiger partial charge is 0.423 e. The third kappa shape index (κ3) is 5.04. The minimum atomic E-state index is -0.546. The van der Waals surface area contributed by atoms with E-state index in [1.54, 1.807) is 12.1 Å². The Balaban J connectivity index is 1.15. The predicted octanol–water partition coefficient (Wildman–Crippen LogP) is 3.75. The first kappa shape index (κ1) is 24.2. The van der Waals surface area contributed by atoms with Gasteiger partial charge in [-0.05, 0) is 61.9 Å². The van der Waals surface area contributed by atoms with Gasteiger partial charge in [-0.3, -0.25) is 9.59 Å². The summed E-state index contributed by atoms with van der Waals surface area (Å²) in [6.07, 6.45) is 3.10. The molecule has 2 aromatic carbocycles. The van der Waals surface area contributed by atoms with Crippen LogP contribution in [0.5, 0.6) is 0 Å². The Morgan fingerprint density at radius 3 is 2.67 bits per heavy atom. The van der Waals surface area contributed by atoms with Gasteiger partial charge in [0, 0.05) is 31.1 Å². The van der Waals surface area contributed by atoms with Crippen LogP contribution in [0.1, 0.15) is 47.2 Å².